The number of halogens is 4. The molecule has 0 aromatic heterocycles. The number of methoxy groups -OCH3 is 1. The lowest BCUT2D eigenvalue weighted by Crippen LogP contribution is -2.44. The molecule has 0 fully saturated rings. The average molecular weight is 311 g/mol. The van der Waals surface area contributed by atoms with Crippen LogP contribution in [0.1, 0.15) is 15.9 Å². The molecule has 1 atom stereocenters. The van der Waals surface area contributed by atoms with Crippen molar-refractivity contribution < 1.29 is 27.4 Å². The summed E-state index contributed by atoms with van der Waals surface area (Å²) in [6.45, 7) is 0. The average Bonchev–Trinajstić information content (AvgIpc) is 2.52. The van der Waals surface area contributed by atoms with Crippen LogP contribution >= 0.6 is 15.9 Å². The monoisotopic (exact) mass is 310 g/mol. The molecule has 0 spiro atoms. The molecule has 3 nitrogen and oxygen atoms in total. The number of alkyl halides is 3. The third kappa shape index (κ3) is 1.64. The fourth-order valence-corrected chi connectivity index (χ4v) is 2.05. The van der Waals surface area contributed by atoms with Crippen molar-refractivity contribution in [2.45, 2.75) is 12.0 Å². The van der Waals surface area contributed by atoms with Crippen molar-refractivity contribution in [3.63, 3.8) is 0 Å². The van der Waals surface area contributed by atoms with E-state index in [0.29, 0.717) is 4.47 Å². The summed E-state index contributed by atoms with van der Waals surface area (Å²) in [5, 5.41) is 0. The maximum absolute atomic E-state index is 13.0. The third-order valence-electron chi connectivity index (χ3n) is 2.45. The summed E-state index contributed by atoms with van der Waals surface area (Å²) in [7, 11) is 0.845. The zero-order chi connectivity index (χ0) is 12.8. The Balaban J connectivity index is 2.67. The molecule has 0 saturated carbocycles. The molecule has 2 rings (SSSR count). The summed E-state index contributed by atoms with van der Waals surface area (Å²) in [6.07, 6.45) is -4.84. The Morgan fingerprint density at radius 2 is 2.06 bits per heavy atom. The van der Waals surface area contributed by atoms with E-state index in [2.05, 4.69) is 25.4 Å². The number of cyclic esters (lactones) is 1. The van der Waals surface area contributed by atoms with E-state index in [1.807, 2.05) is 0 Å². The van der Waals surface area contributed by atoms with Gasteiger partial charge in [0, 0.05) is 17.1 Å². The predicted molar refractivity (Wildman–Crippen MR) is 54.3 cm³/mol. The van der Waals surface area contributed by atoms with Crippen molar-refractivity contribution in [1.29, 1.82) is 0 Å². The van der Waals surface area contributed by atoms with Crippen molar-refractivity contribution >= 4 is 21.9 Å². The summed E-state index contributed by atoms with van der Waals surface area (Å²) in [4.78, 5) is 11.4. The van der Waals surface area contributed by atoms with Crippen LogP contribution in [-0.4, -0.2) is 19.3 Å². The van der Waals surface area contributed by atoms with Gasteiger partial charge in [0.25, 0.3) is 0 Å². The van der Waals surface area contributed by atoms with E-state index < -0.39 is 17.9 Å². The molecule has 0 saturated heterocycles. The molecule has 92 valence electrons. The number of ether oxygens (including phenoxy) is 2. The summed E-state index contributed by atoms with van der Waals surface area (Å²) in [5.41, 5.74) is -0.487. The lowest BCUT2D eigenvalue weighted by molar-refractivity contribution is -0.359. The standard InChI is InChI=1S/C10H6BrF3O3/c1-16-9(10(12,13)14)7-3-2-5(11)4-6(7)8(15)17-9/h2-4H,1H3. The second-order valence-corrected chi connectivity index (χ2v) is 4.31. The predicted octanol–water partition coefficient (Wildman–Crippen LogP) is 2.98. The zero-order valence-electron chi connectivity index (χ0n) is 8.47. The topological polar surface area (TPSA) is 35.5 Å². The van der Waals surface area contributed by atoms with Crippen LogP contribution in [0.15, 0.2) is 22.7 Å². The second kappa shape index (κ2) is 3.71. The maximum atomic E-state index is 13.0. The summed E-state index contributed by atoms with van der Waals surface area (Å²) in [6, 6.07) is 3.81. The number of fused-ring (bicyclic) bond motifs is 1. The highest BCUT2D eigenvalue weighted by atomic mass is 79.9. The molecule has 0 bridgehead atoms. The molecular weight excluding hydrogens is 305 g/mol. The van der Waals surface area contributed by atoms with E-state index in [-0.39, 0.29) is 11.1 Å². The first kappa shape index (κ1) is 12.4. The van der Waals surface area contributed by atoms with Crippen LogP contribution < -0.4 is 0 Å². The minimum absolute atomic E-state index is 0.154. The first-order chi connectivity index (χ1) is 7.82. The van der Waals surface area contributed by atoms with Gasteiger partial charge in [0.15, 0.2) is 0 Å². The van der Waals surface area contributed by atoms with Crippen LogP contribution in [0, 0.1) is 0 Å². The second-order valence-electron chi connectivity index (χ2n) is 3.40. The van der Waals surface area contributed by atoms with Crippen molar-refractivity contribution in [2.24, 2.45) is 0 Å². The smallest absolute Gasteiger partial charge is 0.415 e. The fraction of sp³-hybridized carbons (Fsp3) is 0.300. The molecule has 0 N–H and O–H groups in total. The van der Waals surface area contributed by atoms with Gasteiger partial charge in [0.05, 0.1) is 5.56 Å². The first-order valence-electron chi connectivity index (χ1n) is 4.47. The van der Waals surface area contributed by atoms with Gasteiger partial charge in [-0.15, -0.1) is 0 Å². The van der Waals surface area contributed by atoms with Crippen molar-refractivity contribution in [2.75, 3.05) is 7.11 Å². The van der Waals surface area contributed by atoms with Crippen LogP contribution in [-0.2, 0) is 15.3 Å². The number of carbonyl (C=O) groups excluding carboxylic acids is 1. The molecule has 1 unspecified atom stereocenters. The molecule has 1 aliphatic heterocycles. The SMILES string of the molecule is COC1(C(F)(F)F)OC(=O)c2cc(Br)ccc21. The Bertz CT molecular complexity index is 486. The Labute approximate surface area is 103 Å². The van der Waals surface area contributed by atoms with Crippen molar-refractivity contribution in [1.82, 2.24) is 0 Å². The van der Waals surface area contributed by atoms with Gasteiger partial charge in [-0.1, -0.05) is 22.0 Å². The molecule has 1 aliphatic rings. The highest BCUT2D eigenvalue weighted by Crippen LogP contribution is 2.48. The van der Waals surface area contributed by atoms with E-state index in [0.717, 1.165) is 13.2 Å². The van der Waals surface area contributed by atoms with Crippen LogP contribution in [0.2, 0.25) is 0 Å². The van der Waals surface area contributed by atoms with Crippen molar-refractivity contribution in [3.8, 4) is 0 Å². The van der Waals surface area contributed by atoms with Gasteiger partial charge in [-0.05, 0) is 12.1 Å². The number of rotatable bonds is 1. The molecule has 7 heteroatoms. The number of benzene rings is 1. The first-order valence-corrected chi connectivity index (χ1v) is 5.26. The Morgan fingerprint density at radius 1 is 1.41 bits per heavy atom. The molecule has 17 heavy (non-hydrogen) atoms. The van der Waals surface area contributed by atoms with E-state index in [1.165, 1.54) is 12.1 Å². The largest absolute Gasteiger partial charge is 0.460 e. The van der Waals surface area contributed by atoms with E-state index in [9.17, 15) is 18.0 Å². The fourth-order valence-electron chi connectivity index (χ4n) is 1.69. The Hall–Kier alpha value is -1.08. The molecule has 0 radical (unpaired) electrons. The van der Waals surface area contributed by atoms with Crippen LogP contribution in [0.3, 0.4) is 0 Å². The number of hydrogen-bond donors (Lipinski definition) is 0. The molecule has 1 aromatic carbocycles. The number of hydrogen-bond acceptors (Lipinski definition) is 3. The highest BCUT2D eigenvalue weighted by Gasteiger charge is 2.65. The third-order valence-corrected chi connectivity index (χ3v) is 2.95. The number of esters is 1. The lowest BCUT2D eigenvalue weighted by atomic mass is 10.0. The summed E-state index contributed by atoms with van der Waals surface area (Å²) < 4.78 is 48.2. The van der Waals surface area contributed by atoms with E-state index >= 15 is 0 Å². The van der Waals surface area contributed by atoms with Gasteiger partial charge in [-0.25, -0.2) is 4.79 Å². The molecule has 0 amide bonds. The number of carbonyl (C=O) groups is 1. The van der Waals surface area contributed by atoms with Gasteiger partial charge >= 0.3 is 17.9 Å². The van der Waals surface area contributed by atoms with E-state index in [4.69, 9.17) is 0 Å². The lowest BCUT2D eigenvalue weighted by Gasteiger charge is -2.28. The molecule has 0 aliphatic carbocycles. The van der Waals surface area contributed by atoms with Gasteiger partial charge in [0.2, 0.25) is 0 Å². The highest BCUT2D eigenvalue weighted by molar-refractivity contribution is 9.10. The van der Waals surface area contributed by atoms with Crippen LogP contribution in [0.25, 0.3) is 0 Å². The Kier molecular flexibility index (Phi) is 2.70. The van der Waals surface area contributed by atoms with Gasteiger partial charge in [-0.3, -0.25) is 0 Å². The Morgan fingerprint density at radius 3 is 2.59 bits per heavy atom. The maximum Gasteiger partial charge on any atom is 0.460 e. The summed E-state index contributed by atoms with van der Waals surface area (Å²) >= 11 is 3.07. The molecular formula is C10H6BrF3O3. The normalized spacial score (nSPS) is 23.5. The summed E-state index contributed by atoms with van der Waals surface area (Å²) in [5.74, 6) is -4.06. The molecule has 1 heterocycles. The minimum Gasteiger partial charge on any atom is -0.415 e. The van der Waals surface area contributed by atoms with Gasteiger partial charge in [0.1, 0.15) is 0 Å². The van der Waals surface area contributed by atoms with Gasteiger partial charge < -0.3 is 9.47 Å². The van der Waals surface area contributed by atoms with Crippen LogP contribution in [0.4, 0.5) is 13.2 Å². The van der Waals surface area contributed by atoms with Crippen LogP contribution in [0.5, 0.6) is 0 Å². The van der Waals surface area contributed by atoms with Gasteiger partial charge in [-0.2, -0.15) is 13.2 Å². The van der Waals surface area contributed by atoms with Crippen molar-refractivity contribution in [3.05, 3.63) is 33.8 Å². The minimum atomic E-state index is -4.84. The quantitative estimate of drug-likeness (QED) is 0.748. The van der Waals surface area contributed by atoms with E-state index in [1.54, 1.807) is 0 Å². The zero-order valence-corrected chi connectivity index (χ0v) is 10.1. The molecule has 1 aromatic rings.